The van der Waals surface area contributed by atoms with Gasteiger partial charge in [-0.25, -0.2) is 4.99 Å². The molecule has 2 aromatic rings. The van der Waals surface area contributed by atoms with Gasteiger partial charge in [-0.05, 0) is 70.2 Å². The summed E-state index contributed by atoms with van der Waals surface area (Å²) in [5.41, 5.74) is 10.1. The fourth-order valence-electron chi connectivity index (χ4n) is 3.60. The third-order valence-electron chi connectivity index (χ3n) is 4.35. The molecule has 0 saturated heterocycles. The van der Waals surface area contributed by atoms with Crippen molar-refractivity contribution in [1.29, 1.82) is 0 Å². The molecule has 0 radical (unpaired) electrons. The number of aliphatic imine (C=N–C) groups is 1. The molecule has 2 rings (SSSR count). The highest BCUT2D eigenvalue weighted by atomic mass is 15.2. The Balaban J connectivity index is 2.43. The molecule has 0 spiro atoms. The number of hydrogen-bond acceptors (Lipinski definition) is 1. The van der Waals surface area contributed by atoms with Crippen LogP contribution in [0.5, 0.6) is 0 Å². The summed E-state index contributed by atoms with van der Waals surface area (Å²) in [6, 6.07) is 8.90. The average molecular weight is 322 g/mol. The van der Waals surface area contributed by atoms with E-state index in [1.165, 1.54) is 39.1 Å². The smallest absolute Gasteiger partial charge is 0.0957 e. The summed E-state index contributed by atoms with van der Waals surface area (Å²) in [7, 11) is 0. The molecule has 0 unspecified atom stereocenters. The zero-order valence-corrected chi connectivity index (χ0v) is 16.2. The van der Waals surface area contributed by atoms with Crippen LogP contribution in [-0.2, 0) is 0 Å². The van der Waals surface area contributed by atoms with Gasteiger partial charge in [0.2, 0.25) is 0 Å². The minimum absolute atomic E-state index is 0.970. The normalized spacial score (nSPS) is 11.3. The van der Waals surface area contributed by atoms with Crippen LogP contribution >= 0.6 is 0 Å². The molecule has 0 N–H and O–H groups in total. The van der Waals surface area contributed by atoms with Gasteiger partial charge in [-0.1, -0.05) is 42.3 Å². The number of anilines is 1. The van der Waals surface area contributed by atoms with E-state index in [4.69, 9.17) is 4.99 Å². The monoisotopic (exact) mass is 322 g/mol. The molecular weight excluding hydrogens is 292 g/mol. The molecule has 2 nitrogen and oxygen atoms in total. The topological polar surface area (TPSA) is 15.6 Å². The van der Waals surface area contributed by atoms with E-state index in [9.17, 15) is 0 Å². The van der Waals surface area contributed by atoms with Crippen LogP contribution in [0.2, 0.25) is 0 Å². The Hall–Kier alpha value is -2.09. The summed E-state index contributed by atoms with van der Waals surface area (Å²) in [6.45, 7) is 16.1. The lowest BCUT2D eigenvalue weighted by Gasteiger charge is -2.24. The van der Waals surface area contributed by atoms with E-state index in [-0.39, 0.29) is 0 Å². The van der Waals surface area contributed by atoms with Gasteiger partial charge in [-0.3, -0.25) is 0 Å². The van der Waals surface area contributed by atoms with E-state index < -0.39 is 0 Å². The molecule has 0 aromatic heterocycles. The molecule has 0 amide bonds. The quantitative estimate of drug-likeness (QED) is 0.479. The molecule has 128 valence electrons. The van der Waals surface area contributed by atoms with Gasteiger partial charge in [0.25, 0.3) is 0 Å². The minimum Gasteiger partial charge on any atom is -0.332 e. The Labute approximate surface area is 147 Å². The zero-order valence-electron chi connectivity index (χ0n) is 16.2. The molecule has 0 aliphatic carbocycles. The SMILES string of the molecule is CCCN(C=Nc1c(C)cc(C)cc1C)c1c(C)cc(C)cc1C. The van der Waals surface area contributed by atoms with Crippen LogP contribution in [0.3, 0.4) is 0 Å². The first kappa shape index (κ1) is 18.3. The van der Waals surface area contributed by atoms with Crippen molar-refractivity contribution < 1.29 is 0 Å². The number of nitrogens with zero attached hydrogens (tertiary/aromatic N) is 2. The molecular formula is C22H30N2. The van der Waals surface area contributed by atoms with Crippen molar-refractivity contribution in [3.05, 3.63) is 57.6 Å². The Bertz CT molecular complexity index is 711. The highest BCUT2D eigenvalue weighted by Gasteiger charge is 2.11. The van der Waals surface area contributed by atoms with E-state index in [1.54, 1.807) is 0 Å². The summed E-state index contributed by atoms with van der Waals surface area (Å²) in [4.78, 5) is 7.14. The third kappa shape index (κ3) is 4.05. The second kappa shape index (κ2) is 7.65. The molecule has 0 aliphatic rings. The van der Waals surface area contributed by atoms with Gasteiger partial charge in [0.15, 0.2) is 0 Å². The van der Waals surface area contributed by atoms with Crippen LogP contribution < -0.4 is 4.90 Å². The number of aryl methyl sites for hydroxylation is 6. The number of rotatable bonds is 5. The second-order valence-electron chi connectivity index (χ2n) is 6.93. The predicted octanol–water partition coefficient (Wildman–Crippen LogP) is 6.11. The van der Waals surface area contributed by atoms with E-state index >= 15 is 0 Å². The van der Waals surface area contributed by atoms with E-state index in [0.29, 0.717) is 0 Å². The van der Waals surface area contributed by atoms with Gasteiger partial charge in [-0.2, -0.15) is 0 Å². The fraction of sp³-hybridized carbons (Fsp3) is 0.409. The fourth-order valence-corrected chi connectivity index (χ4v) is 3.60. The van der Waals surface area contributed by atoms with Gasteiger partial charge in [0.1, 0.15) is 0 Å². The first-order valence-electron chi connectivity index (χ1n) is 8.80. The summed E-state index contributed by atoms with van der Waals surface area (Å²) in [5, 5.41) is 0. The minimum atomic E-state index is 0.970. The largest absolute Gasteiger partial charge is 0.332 e. The lowest BCUT2D eigenvalue weighted by molar-refractivity contribution is 0.904. The lowest BCUT2D eigenvalue weighted by Crippen LogP contribution is -2.24. The standard InChI is InChI=1S/C22H30N2/c1-8-9-24(22-19(6)12-16(3)13-20(22)7)14-23-21-17(4)10-15(2)11-18(21)5/h10-14H,8-9H2,1-7H3. The summed E-state index contributed by atoms with van der Waals surface area (Å²) >= 11 is 0. The molecule has 2 aromatic carbocycles. The van der Waals surface area contributed by atoms with Crippen molar-refractivity contribution in [3.63, 3.8) is 0 Å². The summed E-state index contributed by atoms with van der Waals surface area (Å²) in [5.74, 6) is 0. The molecule has 0 aliphatic heterocycles. The molecule has 0 heterocycles. The van der Waals surface area contributed by atoms with Crippen LogP contribution in [0.1, 0.15) is 46.7 Å². The lowest BCUT2D eigenvalue weighted by atomic mass is 10.0. The Kier molecular flexibility index (Phi) is 5.82. The first-order valence-corrected chi connectivity index (χ1v) is 8.80. The summed E-state index contributed by atoms with van der Waals surface area (Å²) < 4.78 is 0. The van der Waals surface area contributed by atoms with Crippen LogP contribution in [0.25, 0.3) is 0 Å². The van der Waals surface area contributed by atoms with Crippen molar-refractivity contribution in [1.82, 2.24) is 0 Å². The molecule has 2 heteroatoms. The zero-order chi connectivity index (χ0) is 17.9. The Morgan fingerprint density at radius 1 is 0.792 bits per heavy atom. The van der Waals surface area contributed by atoms with Crippen LogP contribution in [0, 0.1) is 41.5 Å². The van der Waals surface area contributed by atoms with Crippen LogP contribution in [-0.4, -0.2) is 12.9 Å². The van der Waals surface area contributed by atoms with Crippen molar-refractivity contribution >= 4 is 17.7 Å². The van der Waals surface area contributed by atoms with Gasteiger partial charge in [0.05, 0.1) is 12.0 Å². The van der Waals surface area contributed by atoms with Crippen molar-refractivity contribution in [2.24, 2.45) is 4.99 Å². The van der Waals surface area contributed by atoms with Crippen LogP contribution in [0.4, 0.5) is 11.4 Å². The van der Waals surface area contributed by atoms with Crippen LogP contribution in [0.15, 0.2) is 29.3 Å². The third-order valence-corrected chi connectivity index (χ3v) is 4.35. The highest BCUT2D eigenvalue weighted by Crippen LogP contribution is 2.28. The Morgan fingerprint density at radius 3 is 1.71 bits per heavy atom. The number of hydrogen-bond donors (Lipinski definition) is 0. The predicted molar refractivity (Wildman–Crippen MR) is 107 cm³/mol. The highest BCUT2D eigenvalue weighted by molar-refractivity contribution is 5.84. The molecule has 0 atom stereocenters. The van der Waals surface area contributed by atoms with Crippen molar-refractivity contribution in [3.8, 4) is 0 Å². The van der Waals surface area contributed by atoms with Gasteiger partial charge >= 0.3 is 0 Å². The molecule has 24 heavy (non-hydrogen) atoms. The van der Waals surface area contributed by atoms with E-state index in [0.717, 1.165) is 18.7 Å². The molecule has 0 fully saturated rings. The van der Waals surface area contributed by atoms with Gasteiger partial charge < -0.3 is 4.90 Å². The maximum absolute atomic E-state index is 4.85. The Morgan fingerprint density at radius 2 is 1.25 bits per heavy atom. The second-order valence-corrected chi connectivity index (χ2v) is 6.93. The average Bonchev–Trinajstić information content (AvgIpc) is 2.44. The molecule has 0 saturated carbocycles. The first-order chi connectivity index (χ1) is 11.3. The van der Waals surface area contributed by atoms with Gasteiger partial charge in [0, 0.05) is 12.2 Å². The van der Waals surface area contributed by atoms with Crippen molar-refractivity contribution in [2.75, 3.05) is 11.4 Å². The van der Waals surface area contributed by atoms with Crippen molar-refractivity contribution in [2.45, 2.75) is 54.9 Å². The van der Waals surface area contributed by atoms with Gasteiger partial charge in [-0.15, -0.1) is 0 Å². The maximum Gasteiger partial charge on any atom is 0.0957 e. The number of benzene rings is 2. The summed E-state index contributed by atoms with van der Waals surface area (Å²) in [6.07, 6.45) is 3.10. The van der Waals surface area contributed by atoms with E-state index in [1.807, 2.05) is 6.34 Å². The molecule has 0 bridgehead atoms. The van der Waals surface area contributed by atoms with E-state index in [2.05, 4.69) is 77.6 Å². The maximum atomic E-state index is 4.85.